The van der Waals surface area contributed by atoms with E-state index >= 15 is 0 Å². The number of hydrogen-bond acceptors (Lipinski definition) is 4. The molecule has 0 fully saturated rings. The summed E-state index contributed by atoms with van der Waals surface area (Å²) >= 11 is 1.55. The molecule has 0 spiro atoms. The van der Waals surface area contributed by atoms with Crippen LogP contribution in [0.2, 0.25) is 0 Å². The van der Waals surface area contributed by atoms with E-state index < -0.39 is 0 Å². The van der Waals surface area contributed by atoms with Crippen molar-refractivity contribution >= 4 is 42.1 Å². The number of halogens is 2. The van der Waals surface area contributed by atoms with Crippen LogP contribution in [0.25, 0.3) is 0 Å². The number of amides is 1. The molecule has 1 unspecified atom stereocenters. The lowest BCUT2D eigenvalue weighted by molar-refractivity contribution is -0.121. The molecule has 1 amide bonds. The molecule has 7 heteroatoms. The molecule has 1 aromatic carbocycles. The van der Waals surface area contributed by atoms with Gasteiger partial charge >= 0.3 is 0 Å². The molecule has 2 aromatic rings. The molecule has 0 radical (unpaired) electrons. The van der Waals surface area contributed by atoms with Crippen molar-refractivity contribution in [3.05, 3.63) is 52.0 Å². The molecule has 116 valence electrons. The maximum Gasteiger partial charge on any atom is 0.222 e. The van der Waals surface area contributed by atoms with Crippen molar-refractivity contribution < 1.29 is 4.79 Å². The van der Waals surface area contributed by atoms with E-state index in [2.05, 4.69) is 10.3 Å². The molecule has 1 heterocycles. The lowest BCUT2D eigenvalue weighted by Gasteiger charge is -2.11. The van der Waals surface area contributed by atoms with Gasteiger partial charge in [-0.1, -0.05) is 30.3 Å². The van der Waals surface area contributed by atoms with Gasteiger partial charge in [0.1, 0.15) is 5.01 Å². The summed E-state index contributed by atoms with van der Waals surface area (Å²) in [4.78, 5) is 16.1. The predicted octanol–water partition coefficient (Wildman–Crippen LogP) is 3.00. The molecule has 3 N–H and O–H groups in total. The molecule has 0 aliphatic carbocycles. The van der Waals surface area contributed by atoms with Crippen LogP contribution in [0, 0.1) is 6.92 Å². The fourth-order valence-electron chi connectivity index (χ4n) is 1.75. The van der Waals surface area contributed by atoms with Crippen molar-refractivity contribution in [2.24, 2.45) is 5.73 Å². The number of aryl methyl sites for hydroxylation is 1. The zero-order chi connectivity index (χ0) is 13.7. The normalized spacial score (nSPS) is 11.0. The number of carbonyl (C=O) groups excluding carboxylic acids is 1. The summed E-state index contributed by atoms with van der Waals surface area (Å²) < 4.78 is 0. The van der Waals surface area contributed by atoms with Crippen molar-refractivity contribution in [1.29, 1.82) is 0 Å². The van der Waals surface area contributed by atoms with E-state index in [4.69, 9.17) is 5.73 Å². The SMILES string of the molecule is Cc1csc(CNC(=O)CC(N)c2ccccc2)n1.Cl.Cl. The van der Waals surface area contributed by atoms with Crippen LogP contribution in [0.3, 0.4) is 0 Å². The standard InChI is InChI=1S/C14H17N3OS.2ClH/c1-10-9-19-14(17-10)8-16-13(18)7-12(15)11-5-3-2-4-6-11;;/h2-6,9,12H,7-8,15H2,1H3,(H,16,18);2*1H. The largest absolute Gasteiger partial charge is 0.350 e. The van der Waals surface area contributed by atoms with Gasteiger partial charge < -0.3 is 11.1 Å². The Kier molecular flexibility index (Phi) is 9.21. The van der Waals surface area contributed by atoms with Gasteiger partial charge in [0.15, 0.2) is 0 Å². The highest BCUT2D eigenvalue weighted by Gasteiger charge is 2.11. The first kappa shape index (κ1) is 19.9. The molecule has 0 aliphatic rings. The Morgan fingerprint density at radius 2 is 2.00 bits per heavy atom. The van der Waals surface area contributed by atoms with Gasteiger partial charge in [0.25, 0.3) is 0 Å². The number of hydrogen-bond donors (Lipinski definition) is 2. The number of benzene rings is 1. The molecule has 0 bridgehead atoms. The van der Waals surface area contributed by atoms with Crippen LogP contribution < -0.4 is 11.1 Å². The van der Waals surface area contributed by atoms with Crippen molar-refractivity contribution in [1.82, 2.24) is 10.3 Å². The van der Waals surface area contributed by atoms with E-state index in [-0.39, 0.29) is 43.2 Å². The summed E-state index contributed by atoms with van der Waals surface area (Å²) in [5.74, 6) is -0.0517. The van der Waals surface area contributed by atoms with Crippen molar-refractivity contribution in [2.45, 2.75) is 25.9 Å². The summed E-state index contributed by atoms with van der Waals surface area (Å²) in [5, 5.41) is 5.73. The fourth-order valence-corrected chi connectivity index (χ4v) is 2.46. The molecule has 4 nitrogen and oxygen atoms in total. The average Bonchev–Trinajstić information content (AvgIpc) is 2.83. The van der Waals surface area contributed by atoms with E-state index in [0.717, 1.165) is 16.3 Å². The van der Waals surface area contributed by atoms with Gasteiger partial charge in [0.05, 0.1) is 6.54 Å². The first-order chi connectivity index (χ1) is 9.15. The van der Waals surface area contributed by atoms with Gasteiger partial charge in [0.2, 0.25) is 5.91 Å². The quantitative estimate of drug-likeness (QED) is 0.873. The maximum absolute atomic E-state index is 11.8. The first-order valence-electron chi connectivity index (χ1n) is 6.13. The summed E-state index contributed by atoms with van der Waals surface area (Å²) in [6.07, 6.45) is 0.286. The minimum Gasteiger partial charge on any atom is -0.350 e. The number of nitrogens with one attached hydrogen (secondary N) is 1. The van der Waals surface area contributed by atoms with E-state index in [1.807, 2.05) is 42.6 Å². The zero-order valence-corrected chi connectivity index (χ0v) is 14.1. The van der Waals surface area contributed by atoms with Crippen LogP contribution in [-0.4, -0.2) is 10.9 Å². The number of nitrogens with two attached hydrogens (primary N) is 1. The Bertz CT molecular complexity index is 548. The Balaban J connectivity index is 0.00000200. The molecule has 1 aromatic heterocycles. The minimum absolute atomic E-state index is 0. The Morgan fingerprint density at radius 1 is 1.33 bits per heavy atom. The maximum atomic E-state index is 11.8. The van der Waals surface area contributed by atoms with Gasteiger partial charge in [-0.05, 0) is 12.5 Å². The van der Waals surface area contributed by atoms with E-state index in [1.165, 1.54) is 0 Å². The average molecular weight is 348 g/mol. The highest BCUT2D eigenvalue weighted by atomic mass is 35.5. The van der Waals surface area contributed by atoms with Crippen LogP contribution in [0.15, 0.2) is 35.7 Å². The Hall–Kier alpha value is -1.14. The van der Waals surface area contributed by atoms with Crippen LogP contribution >= 0.6 is 36.2 Å². The first-order valence-corrected chi connectivity index (χ1v) is 7.01. The number of thiazole rings is 1. The summed E-state index contributed by atoms with van der Waals surface area (Å²) in [5.41, 5.74) is 7.95. The topological polar surface area (TPSA) is 68.0 Å². The van der Waals surface area contributed by atoms with Gasteiger partial charge in [-0.15, -0.1) is 36.2 Å². The third kappa shape index (κ3) is 6.44. The van der Waals surface area contributed by atoms with Gasteiger partial charge in [-0.3, -0.25) is 4.79 Å². The molecule has 1 atom stereocenters. The van der Waals surface area contributed by atoms with E-state index in [0.29, 0.717) is 6.54 Å². The third-order valence-corrected chi connectivity index (χ3v) is 3.70. The number of carbonyl (C=O) groups is 1. The second-order valence-electron chi connectivity index (χ2n) is 4.38. The van der Waals surface area contributed by atoms with E-state index in [1.54, 1.807) is 11.3 Å². The highest BCUT2D eigenvalue weighted by molar-refractivity contribution is 7.09. The fraction of sp³-hybridized carbons (Fsp3) is 0.286. The van der Waals surface area contributed by atoms with Crippen molar-refractivity contribution in [2.75, 3.05) is 0 Å². The predicted molar refractivity (Wildman–Crippen MR) is 91.2 cm³/mol. The van der Waals surface area contributed by atoms with Crippen LogP contribution in [0.5, 0.6) is 0 Å². The third-order valence-electron chi connectivity index (χ3n) is 2.74. The molecular formula is C14H19Cl2N3OS. The number of rotatable bonds is 5. The molecule has 0 saturated heterocycles. The lowest BCUT2D eigenvalue weighted by Crippen LogP contribution is -2.27. The zero-order valence-electron chi connectivity index (χ0n) is 11.6. The van der Waals surface area contributed by atoms with Gasteiger partial charge in [0, 0.05) is 23.5 Å². The molecule has 0 saturated carbocycles. The molecular weight excluding hydrogens is 329 g/mol. The molecule has 21 heavy (non-hydrogen) atoms. The second kappa shape index (κ2) is 9.73. The van der Waals surface area contributed by atoms with E-state index in [9.17, 15) is 4.79 Å². The second-order valence-corrected chi connectivity index (χ2v) is 5.32. The van der Waals surface area contributed by atoms with Gasteiger partial charge in [-0.2, -0.15) is 0 Å². The molecule has 0 aliphatic heterocycles. The Labute approximate surface area is 141 Å². The van der Waals surface area contributed by atoms with Crippen LogP contribution in [0.1, 0.15) is 28.7 Å². The van der Waals surface area contributed by atoms with Gasteiger partial charge in [-0.25, -0.2) is 4.98 Å². The smallest absolute Gasteiger partial charge is 0.222 e. The lowest BCUT2D eigenvalue weighted by atomic mass is 10.0. The van der Waals surface area contributed by atoms with Crippen LogP contribution in [0.4, 0.5) is 0 Å². The number of aromatic nitrogens is 1. The highest BCUT2D eigenvalue weighted by Crippen LogP contribution is 2.13. The van der Waals surface area contributed by atoms with Crippen molar-refractivity contribution in [3.63, 3.8) is 0 Å². The van der Waals surface area contributed by atoms with Crippen molar-refractivity contribution in [3.8, 4) is 0 Å². The monoisotopic (exact) mass is 347 g/mol. The summed E-state index contributed by atoms with van der Waals surface area (Å²) in [7, 11) is 0. The number of nitrogens with zero attached hydrogens (tertiary/aromatic N) is 1. The molecule has 2 rings (SSSR count). The Morgan fingerprint density at radius 3 is 2.57 bits per heavy atom. The summed E-state index contributed by atoms with van der Waals surface area (Å²) in [6.45, 7) is 2.41. The minimum atomic E-state index is -0.265. The summed E-state index contributed by atoms with van der Waals surface area (Å²) in [6, 6.07) is 9.38. The van der Waals surface area contributed by atoms with Crippen LogP contribution in [-0.2, 0) is 11.3 Å².